The van der Waals surface area contributed by atoms with Gasteiger partial charge in [-0.3, -0.25) is 14.9 Å². The number of halogens is 3. The van der Waals surface area contributed by atoms with Gasteiger partial charge in [-0.15, -0.1) is 0 Å². The standard InChI is InChI=1S/C19H14Cl2FN3O2/c20-8-4-5-10-12(6-8)24-18(27)19(10)15(9-2-1-3-11(21)16(9)22)14-13(25-19)7-23-17(14)26/h1-6,13-15,25H,7H2,(H,23,26)(H,24,27)/t13-,14+,15?,19+/m1/s1. The summed E-state index contributed by atoms with van der Waals surface area (Å²) in [4.78, 5) is 25.8. The molecule has 3 aliphatic heterocycles. The van der Waals surface area contributed by atoms with E-state index in [2.05, 4.69) is 16.0 Å². The number of amides is 2. The lowest BCUT2D eigenvalue weighted by atomic mass is 9.71. The molecule has 8 heteroatoms. The van der Waals surface area contributed by atoms with Crippen molar-refractivity contribution in [3.8, 4) is 0 Å². The van der Waals surface area contributed by atoms with Gasteiger partial charge in [0.2, 0.25) is 11.8 Å². The average Bonchev–Trinajstić information content (AvgIpc) is 3.24. The highest BCUT2D eigenvalue weighted by Gasteiger charge is 2.65. The van der Waals surface area contributed by atoms with E-state index in [4.69, 9.17) is 23.2 Å². The Hall–Kier alpha value is -2.15. The molecule has 0 aliphatic carbocycles. The van der Waals surface area contributed by atoms with Gasteiger partial charge in [-0.2, -0.15) is 0 Å². The van der Waals surface area contributed by atoms with Crippen molar-refractivity contribution in [2.24, 2.45) is 5.92 Å². The molecule has 0 radical (unpaired) electrons. The Labute approximate surface area is 164 Å². The largest absolute Gasteiger partial charge is 0.354 e. The van der Waals surface area contributed by atoms with E-state index in [0.29, 0.717) is 22.8 Å². The summed E-state index contributed by atoms with van der Waals surface area (Å²) in [6.45, 7) is 0.375. The van der Waals surface area contributed by atoms with E-state index in [1.807, 2.05) is 0 Å². The lowest BCUT2D eigenvalue weighted by Crippen LogP contribution is -2.50. The summed E-state index contributed by atoms with van der Waals surface area (Å²) in [5.74, 6) is -2.48. The zero-order valence-corrected chi connectivity index (χ0v) is 15.4. The second kappa shape index (κ2) is 5.67. The first kappa shape index (κ1) is 17.0. The molecule has 138 valence electrons. The van der Waals surface area contributed by atoms with Crippen LogP contribution in [0.2, 0.25) is 10.0 Å². The van der Waals surface area contributed by atoms with Gasteiger partial charge in [-0.05, 0) is 23.8 Å². The molecule has 3 heterocycles. The van der Waals surface area contributed by atoms with Gasteiger partial charge in [-0.25, -0.2) is 4.39 Å². The second-order valence-corrected chi connectivity index (χ2v) is 7.94. The van der Waals surface area contributed by atoms with E-state index < -0.39 is 23.2 Å². The highest BCUT2D eigenvalue weighted by molar-refractivity contribution is 6.31. The Morgan fingerprint density at radius 1 is 1.15 bits per heavy atom. The van der Waals surface area contributed by atoms with Crippen LogP contribution in [0.1, 0.15) is 17.0 Å². The zero-order valence-electron chi connectivity index (χ0n) is 13.9. The molecule has 0 bridgehead atoms. The van der Waals surface area contributed by atoms with Crippen LogP contribution in [0.3, 0.4) is 0 Å². The fraction of sp³-hybridized carbons (Fsp3) is 0.263. The van der Waals surface area contributed by atoms with E-state index in [1.165, 1.54) is 6.07 Å². The quantitative estimate of drug-likeness (QED) is 0.682. The molecule has 2 aromatic rings. The Kier molecular flexibility index (Phi) is 3.57. The molecule has 0 aromatic heterocycles. The Bertz CT molecular complexity index is 1010. The van der Waals surface area contributed by atoms with Crippen LogP contribution in [0.4, 0.5) is 10.1 Å². The summed E-state index contributed by atoms with van der Waals surface area (Å²) in [6, 6.07) is 9.46. The van der Waals surface area contributed by atoms with E-state index in [-0.39, 0.29) is 28.4 Å². The number of anilines is 1. The molecule has 5 nitrogen and oxygen atoms in total. The van der Waals surface area contributed by atoms with Crippen LogP contribution in [-0.2, 0) is 15.1 Å². The van der Waals surface area contributed by atoms with Crippen molar-refractivity contribution < 1.29 is 14.0 Å². The number of nitrogens with one attached hydrogen (secondary N) is 3. The summed E-state index contributed by atoms with van der Waals surface area (Å²) in [5.41, 5.74) is 0.201. The minimum atomic E-state index is -1.27. The molecule has 3 aliphatic rings. The summed E-state index contributed by atoms with van der Waals surface area (Å²) in [6.07, 6.45) is 0. The van der Waals surface area contributed by atoms with Gasteiger partial charge in [0.1, 0.15) is 11.4 Å². The number of carbonyl (C=O) groups excluding carboxylic acids is 2. The van der Waals surface area contributed by atoms with Gasteiger partial charge in [0, 0.05) is 34.8 Å². The van der Waals surface area contributed by atoms with E-state index >= 15 is 0 Å². The van der Waals surface area contributed by atoms with Gasteiger partial charge < -0.3 is 10.6 Å². The summed E-state index contributed by atoms with van der Waals surface area (Å²) >= 11 is 12.1. The maximum atomic E-state index is 15.0. The second-order valence-electron chi connectivity index (χ2n) is 7.09. The van der Waals surface area contributed by atoms with Crippen LogP contribution in [0.5, 0.6) is 0 Å². The molecule has 4 atom stereocenters. The Morgan fingerprint density at radius 3 is 2.78 bits per heavy atom. The third-order valence-corrected chi connectivity index (χ3v) is 6.33. The molecule has 5 rings (SSSR count). The molecule has 1 spiro atoms. The lowest BCUT2D eigenvalue weighted by Gasteiger charge is -2.32. The summed E-state index contributed by atoms with van der Waals surface area (Å²) in [7, 11) is 0. The first-order valence-electron chi connectivity index (χ1n) is 8.54. The van der Waals surface area contributed by atoms with E-state index in [1.54, 1.807) is 30.3 Å². The predicted molar refractivity (Wildman–Crippen MR) is 99.3 cm³/mol. The minimum absolute atomic E-state index is 0.0424. The highest BCUT2D eigenvalue weighted by atomic mass is 35.5. The Balaban J connectivity index is 1.78. The SMILES string of the molecule is O=C1NC[C@H]2N[C@]3(C(=O)Nc4cc(Cl)ccc43)C(c3cccc(Cl)c3F)[C@@H]12. The molecular weight excluding hydrogens is 392 g/mol. The fourth-order valence-electron chi connectivity index (χ4n) is 4.76. The predicted octanol–water partition coefficient (Wildman–Crippen LogP) is 2.78. The number of benzene rings is 2. The van der Waals surface area contributed by atoms with Crippen LogP contribution < -0.4 is 16.0 Å². The van der Waals surface area contributed by atoms with Crippen molar-refractivity contribution in [2.75, 3.05) is 11.9 Å². The van der Waals surface area contributed by atoms with Gasteiger partial charge in [0.15, 0.2) is 0 Å². The maximum Gasteiger partial charge on any atom is 0.250 e. The van der Waals surface area contributed by atoms with Gasteiger partial charge in [0.25, 0.3) is 0 Å². The van der Waals surface area contributed by atoms with E-state index in [9.17, 15) is 14.0 Å². The summed E-state index contributed by atoms with van der Waals surface area (Å²) < 4.78 is 15.0. The fourth-order valence-corrected chi connectivity index (χ4v) is 5.11. The van der Waals surface area contributed by atoms with Gasteiger partial charge >= 0.3 is 0 Å². The summed E-state index contributed by atoms with van der Waals surface area (Å²) in [5, 5.41) is 9.40. The smallest absolute Gasteiger partial charge is 0.250 e. The van der Waals surface area contributed by atoms with Crippen molar-refractivity contribution in [3.05, 3.63) is 63.4 Å². The van der Waals surface area contributed by atoms with Crippen molar-refractivity contribution in [1.82, 2.24) is 10.6 Å². The van der Waals surface area contributed by atoms with Crippen molar-refractivity contribution in [1.29, 1.82) is 0 Å². The molecule has 0 saturated carbocycles. The molecule has 27 heavy (non-hydrogen) atoms. The normalized spacial score (nSPS) is 31.0. The van der Waals surface area contributed by atoms with Crippen LogP contribution in [0.15, 0.2) is 36.4 Å². The van der Waals surface area contributed by atoms with Crippen LogP contribution in [0, 0.1) is 11.7 Å². The molecule has 3 N–H and O–H groups in total. The average molecular weight is 406 g/mol. The molecule has 2 saturated heterocycles. The Morgan fingerprint density at radius 2 is 1.96 bits per heavy atom. The molecule has 1 unspecified atom stereocenters. The highest BCUT2D eigenvalue weighted by Crippen LogP contribution is 2.55. The van der Waals surface area contributed by atoms with E-state index in [0.717, 1.165) is 0 Å². The molecular formula is C19H14Cl2FN3O2. The number of carbonyl (C=O) groups is 2. The van der Waals surface area contributed by atoms with Gasteiger partial charge in [-0.1, -0.05) is 41.4 Å². The molecule has 2 fully saturated rings. The van der Waals surface area contributed by atoms with Crippen LogP contribution in [-0.4, -0.2) is 24.4 Å². The van der Waals surface area contributed by atoms with Crippen molar-refractivity contribution >= 4 is 40.7 Å². The number of rotatable bonds is 1. The third kappa shape index (κ3) is 2.15. The van der Waals surface area contributed by atoms with Crippen LogP contribution in [0.25, 0.3) is 0 Å². The third-order valence-electron chi connectivity index (χ3n) is 5.80. The number of hydrogen-bond donors (Lipinski definition) is 3. The minimum Gasteiger partial charge on any atom is -0.354 e. The van der Waals surface area contributed by atoms with Crippen molar-refractivity contribution in [2.45, 2.75) is 17.5 Å². The van der Waals surface area contributed by atoms with Crippen molar-refractivity contribution in [3.63, 3.8) is 0 Å². The zero-order chi connectivity index (χ0) is 18.9. The topological polar surface area (TPSA) is 70.2 Å². The maximum absolute atomic E-state index is 15.0. The number of fused-ring (bicyclic) bond motifs is 3. The number of hydrogen-bond acceptors (Lipinski definition) is 3. The lowest BCUT2D eigenvalue weighted by molar-refractivity contribution is -0.124. The molecule has 2 amide bonds. The first-order valence-corrected chi connectivity index (χ1v) is 9.30. The monoisotopic (exact) mass is 405 g/mol. The van der Waals surface area contributed by atoms with Gasteiger partial charge in [0.05, 0.1) is 10.9 Å². The first-order chi connectivity index (χ1) is 12.9. The molecule has 2 aromatic carbocycles. The van der Waals surface area contributed by atoms with Crippen LogP contribution >= 0.6 is 23.2 Å².